The van der Waals surface area contributed by atoms with Gasteiger partial charge >= 0.3 is 0 Å². The van der Waals surface area contributed by atoms with Crippen LogP contribution in [0, 0.1) is 0 Å². The van der Waals surface area contributed by atoms with Crippen LogP contribution in [0.15, 0.2) is 0 Å². The second-order valence-electron chi connectivity index (χ2n) is 0.283. The monoisotopic (exact) mass is 311 g/mol. The number of hydrogen-bond donors (Lipinski definition) is 2. The minimum absolute atomic E-state index is 0. The van der Waals surface area contributed by atoms with E-state index in [-0.39, 0.29) is 22.4 Å². The molecule has 37 valence electrons. The molecule has 5 heavy (non-hydrogen) atoms. The van der Waals surface area contributed by atoms with Crippen molar-refractivity contribution in [3.63, 3.8) is 0 Å². The Morgan fingerprint density at radius 1 is 1.80 bits per heavy atom. The molecule has 0 aliphatic rings. The maximum absolute atomic E-state index is 7.84. The average Bonchev–Trinajstić information content (AvgIpc) is 0.811. The van der Waals surface area contributed by atoms with Crippen molar-refractivity contribution in [1.29, 1.82) is 0 Å². The first-order valence-corrected chi connectivity index (χ1v) is 4.52. The van der Waals surface area contributed by atoms with Gasteiger partial charge in [-0.25, -0.2) is 0 Å². The van der Waals surface area contributed by atoms with Crippen LogP contribution in [-0.4, -0.2) is 4.89 Å². The number of hydrogen-bond acceptors (Lipinski definition) is 1. The zero-order valence-corrected chi connectivity index (χ0v) is 6.98. The van der Waals surface area contributed by atoms with Gasteiger partial charge in [-0.05, 0) is 0 Å². The Morgan fingerprint density at radius 2 is 1.80 bits per heavy atom. The summed E-state index contributed by atoms with van der Waals surface area (Å²) in [4.78, 5) is 7.84. The Hall–Kier alpha value is 1.70. The van der Waals surface area contributed by atoms with Crippen molar-refractivity contribution < 1.29 is 27.3 Å². The number of thiol groups is 1. The van der Waals surface area contributed by atoms with E-state index in [1.807, 2.05) is 0 Å². The van der Waals surface area contributed by atoms with E-state index >= 15 is 0 Å². The van der Waals surface area contributed by atoms with Crippen LogP contribution >= 0.6 is 18.4 Å². The first-order chi connectivity index (χ1) is 1.73. The minimum atomic E-state index is -1.60. The van der Waals surface area contributed by atoms with Gasteiger partial charge in [0.25, 0.3) is 0 Å². The Bertz CT molecular complexity index is 32.6. The van der Waals surface area contributed by atoms with Crippen LogP contribution in [0.4, 0.5) is 0 Å². The standard InChI is InChI=1S/Au.H3OPS2/c;1-2(3)4/h;2H,(H2,1,3,4). The molecule has 0 bridgehead atoms. The molecule has 0 aromatic rings. The molecule has 1 radical (unpaired) electrons. The van der Waals surface area contributed by atoms with Crippen molar-refractivity contribution in [2.75, 3.05) is 0 Å². The summed E-state index contributed by atoms with van der Waals surface area (Å²) in [5.74, 6) is 0. The second-order valence-corrected chi connectivity index (χ2v) is 4.19. The summed E-state index contributed by atoms with van der Waals surface area (Å²) in [6, 6.07) is 0. The fourth-order valence-electron chi connectivity index (χ4n) is 0. The van der Waals surface area contributed by atoms with Crippen molar-refractivity contribution in [3.05, 3.63) is 0 Å². The van der Waals surface area contributed by atoms with Crippen molar-refractivity contribution >= 4 is 30.2 Å². The number of rotatable bonds is 0. The molecule has 0 aliphatic heterocycles. The summed E-state index contributed by atoms with van der Waals surface area (Å²) in [6.45, 7) is 0. The van der Waals surface area contributed by atoms with Gasteiger partial charge in [0, 0.05) is 22.4 Å². The molecule has 0 amide bonds. The summed E-state index contributed by atoms with van der Waals surface area (Å²) in [5.41, 5.74) is 0. The normalized spacial score (nSPS) is 12.4. The molecule has 0 fully saturated rings. The topological polar surface area (TPSA) is 20.2 Å². The predicted molar refractivity (Wildman–Crippen MR) is 26.9 cm³/mol. The predicted octanol–water partition coefficient (Wildman–Crippen LogP) is 0.412. The largest absolute Gasteiger partial charge is 0.359 e. The SMILES string of the molecule is O[PH](=S)S.[Au]. The van der Waals surface area contributed by atoms with Gasteiger partial charge in [0.1, 0.15) is 6.13 Å². The van der Waals surface area contributed by atoms with E-state index in [9.17, 15) is 0 Å². The molecule has 0 spiro atoms. The summed E-state index contributed by atoms with van der Waals surface area (Å²) in [6.07, 6.45) is -1.60. The van der Waals surface area contributed by atoms with Crippen molar-refractivity contribution in [3.8, 4) is 0 Å². The Balaban J connectivity index is 0. The molecule has 0 aliphatic carbocycles. The molecule has 0 saturated carbocycles. The van der Waals surface area contributed by atoms with Crippen molar-refractivity contribution in [1.82, 2.24) is 0 Å². The molecule has 0 saturated heterocycles. The molecular formula is H3AuOPS2. The zero-order chi connectivity index (χ0) is 3.58. The van der Waals surface area contributed by atoms with Gasteiger partial charge in [-0.1, -0.05) is 11.8 Å². The van der Waals surface area contributed by atoms with E-state index in [4.69, 9.17) is 4.89 Å². The van der Waals surface area contributed by atoms with E-state index < -0.39 is 6.13 Å². The summed E-state index contributed by atoms with van der Waals surface area (Å²) < 4.78 is 0. The fraction of sp³-hybridized carbons (Fsp3) is 0. The van der Waals surface area contributed by atoms with E-state index in [0.717, 1.165) is 0 Å². The zero-order valence-electron chi connectivity index (χ0n) is 2.10. The van der Waals surface area contributed by atoms with E-state index in [1.165, 1.54) is 0 Å². The molecule has 1 nitrogen and oxygen atoms in total. The van der Waals surface area contributed by atoms with Gasteiger partial charge in [0.05, 0.1) is 0 Å². The van der Waals surface area contributed by atoms with Crippen LogP contribution < -0.4 is 0 Å². The molecule has 0 aromatic heterocycles. The maximum Gasteiger partial charge on any atom is 0.101 e. The van der Waals surface area contributed by atoms with Crippen LogP contribution in [-0.2, 0) is 34.2 Å². The second kappa shape index (κ2) is 5.70. The first kappa shape index (κ1) is 9.85. The van der Waals surface area contributed by atoms with Gasteiger partial charge < -0.3 is 4.89 Å². The summed E-state index contributed by atoms with van der Waals surface area (Å²) in [5, 5.41) is 0. The minimum Gasteiger partial charge on any atom is -0.359 e. The fourth-order valence-corrected chi connectivity index (χ4v) is 0. The third kappa shape index (κ3) is 27.0. The van der Waals surface area contributed by atoms with Crippen LogP contribution in [0.3, 0.4) is 0 Å². The first-order valence-electron chi connectivity index (χ1n) is 0.651. The van der Waals surface area contributed by atoms with Crippen molar-refractivity contribution in [2.45, 2.75) is 0 Å². The third-order valence-corrected chi connectivity index (χ3v) is 0. The van der Waals surface area contributed by atoms with Crippen LogP contribution in [0.5, 0.6) is 0 Å². The van der Waals surface area contributed by atoms with E-state index in [0.29, 0.717) is 0 Å². The van der Waals surface area contributed by atoms with E-state index in [2.05, 4.69) is 24.1 Å². The molecule has 0 aromatic carbocycles. The molecule has 0 heterocycles. The van der Waals surface area contributed by atoms with Crippen molar-refractivity contribution in [2.24, 2.45) is 0 Å². The smallest absolute Gasteiger partial charge is 0.101 e. The Morgan fingerprint density at radius 3 is 1.80 bits per heavy atom. The summed E-state index contributed by atoms with van der Waals surface area (Å²) >= 11 is 7.58. The van der Waals surface area contributed by atoms with Crippen LogP contribution in [0.1, 0.15) is 0 Å². The Labute approximate surface area is 57.3 Å². The third-order valence-electron chi connectivity index (χ3n) is 0. The molecule has 1 unspecified atom stereocenters. The van der Waals surface area contributed by atoms with Gasteiger partial charge in [-0.3, -0.25) is 0 Å². The quantitative estimate of drug-likeness (QED) is 0.384. The molecule has 1 N–H and O–H groups in total. The van der Waals surface area contributed by atoms with Gasteiger partial charge in [0.2, 0.25) is 0 Å². The van der Waals surface area contributed by atoms with E-state index in [1.54, 1.807) is 0 Å². The van der Waals surface area contributed by atoms with Gasteiger partial charge in [-0.2, -0.15) is 0 Å². The molecule has 1 atom stereocenters. The van der Waals surface area contributed by atoms with Crippen LogP contribution in [0.2, 0.25) is 0 Å². The summed E-state index contributed by atoms with van der Waals surface area (Å²) in [7, 11) is 0. The van der Waals surface area contributed by atoms with Crippen LogP contribution in [0.25, 0.3) is 0 Å². The van der Waals surface area contributed by atoms with Gasteiger partial charge in [0.15, 0.2) is 0 Å². The molecular weight excluding hydrogens is 308 g/mol. The molecule has 5 heteroatoms. The molecule has 0 rings (SSSR count). The van der Waals surface area contributed by atoms with Gasteiger partial charge in [-0.15, -0.1) is 12.2 Å². The Kier molecular flexibility index (Phi) is 11.2. The average molecular weight is 311 g/mol. The maximum atomic E-state index is 7.84.